The molecule has 0 unspecified atom stereocenters. The minimum Gasteiger partial charge on any atom is -0.481 e. The Morgan fingerprint density at radius 2 is 2.05 bits per heavy atom. The van der Waals surface area contributed by atoms with Gasteiger partial charge in [-0.1, -0.05) is 6.92 Å². The fraction of sp³-hybridized carbons (Fsp3) is 0.636. The van der Waals surface area contributed by atoms with Gasteiger partial charge in [-0.25, -0.2) is 8.42 Å². The first-order chi connectivity index (χ1) is 8.80. The first-order valence-electron chi connectivity index (χ1n) is 5.97. The highest BCUT2D eigenvalue weighted by molar-refractivity contribution is 9.10. The van der Waals surface area contributed by atoms with Gasteiger partial charge in [0.2, 0.25) is 0 Å². The van der Waals surface area contributed by atoms with Crippen LogP contribution in [0.4, 0.5) is 0 Å². The van der Waals surface area contributed by atoms with E-state index in [1.54, 1.807) is 4.68 Å². The van der Waals surface area contributed by atoms with Crippen molar-refractivity contribution in [3.63, 3.8) is 0 Å². The average molecular weight is 353 g/mol. The van der Waals surface area contributed by atoms with Crippen molar-refractivity contribution in [3.8, 4) is 0 Å². The van der Waals surface area contributed by atoms with Gasteiger partial charge in [0.25, 0.3) is 0 Å². The van der Waals surface area contributed by atoms with Crippen LogP contribution in [-0.4, -0.2) is 35.0 Å². The molecule has 8 heteroatoms. The summed E-state index contributed by atoms with van der Waals surface area (Å²) in [5.74, 6) is -1.66. The molecule has 6 nitrogen and oxygen atoms in total. The first kappa shape index (κ1) is 16.2. The maximum atomic E-state index is 11.9. The molecule has 1 heterocycles. The largest absolute Gasteiger partial charge is 0.481 e. The van der Waals surface area contributed by atoms with E-state index < -0.39 is 15.8 Å². The van der Waals surface area contributed by atoms with Gasteiger partial charge in [0.15, 0.2) is 9.84 Å². The number of halogens is 1. The van der Waals surface area contributed by atoms with E-state index in [9.17, 15) is 13.2 Å². The molecule has 0 spiro atoms. The van der Waals surface area contributed by atoms with Gasteiger partial charge in [-0.2, -0.15) is 5.10 Å². The molecule has 0 bridgehead atoms. The molecule has 0 saturated carbocycles. The third kappa shape index (κ3) is 4.31. The van der Waals surface area contributed by atoms with E-state index in [4.69, 9.17) is 5.11 Å². The number of aromatic nitrogens is 2. The van der Waals surface area contributed by atoms with Crippen LogP contribution < -0.4 is 0 Å². The summed E-state index contributed by atoms with van der Waals surface area (Å²) in [6.07, 6.45) is 0.330. The van der Waals surface area contributed by atoms with E-state index in [0.29, 0.717) is 23.1 Å². The molecule has 0 aliphatic rings. The summed E-state index contributed by atoms with van der Waals surface area (Å²) in [7, 11) is -3.45. The SMILES string of the molecule is CCc1nn(CC)c(CS(=O)(=O)CCC(=O)O)c1Br. The number of nitrogens with zero attached hydrogens (tertiary/aromatic N) is 2. The molecule has 1 aromatic heterocycles. The quantitative estimate of drug-likeness (QED) is 0.805. The van der Waals surface area contributed by atoms with E-state index >= 15 is 0 Å². The average Bonchev–Trinajstić information content (AvgIpc) is 2.63. The van der Waals surface area contributed by atoms with Crippen molar-refractivity contribution >= 4 is 31.7 Å². The van der Waals surface area contributed by atoms with Crippen LogP contribution >= 0.6 is 15.9 Å². The molecule has 0 aromatic carbocycles. The molecule has 108 valence electrons. The van der Waals surface area contributed by atoms with Crippen LogP contribution in [0.25, 0.3) is 0 Å². The van der Waals surface area contributed by atoms with E-state index in [1.165, 1.54) is 0 Å². The smallest absolute Gasteiger partial charge is 0.304 e. The highest BCUT2D eigenvalue weighted by atomic mass is 79.9. The number of carboxylic acids is 1. The lowest BCUT2D eigenvalue weighted by atomic mass is 10.3. The van der Waals surface area contributed by atoms with E-state index in [0.717, 1.165) is 5.69 Å². The van der Waals surface area contributed by atoms with Crippen LogP contribution in [0.3, 0.4) is 0 Å². The predicted molar refractivity (Wildman–Crippen MR) is 74.7 cm³/mol. The molecule has 0 fully saturated rings. The summed E-state index contributed by atoms with van der Waals surface area (Å²) in [5, 5.41) is 12.9. The fourth-order valence-corrected chi connectivity index (χ4v) is 3.91. The summed E-state index contributed by atoms with van der Waals surface area (Å²) < 4.78 is 26.1. The van der Waals surface area contributed by atoms with E-state index in [2.05, 4.69) is 21.0 Å². The van der Waals surface area contributed by atoms with Crippen LogP contribution in [0.1, 0.15) is 31.7 Å². The number of aliphatic carboxylic acids is 1. The van der Waals surface area contributed by atoms with Crippen molar-refractivity contribution in [2.75, 3.05) is 5.75 Å². The van der Waals surface area contributed by atoms with Gasteiger partial charge in [0.05, 0.1) is 33.8 Å². The molecule has 19 heavy (non-hydrogen) atoms. The Kier molecular flexibility index (Phi) is 5.54. The second kappa shape index (κ2) is 6.51. The summed E-state index contributed by atoms with van der Waals surface area (Å²) in [6.45, 7) is 4.39. The standard InChI is InChI=1S/C11H17BrN2O4S/c1-3-8-11(12)9(14(4-2)13-8)7-19(17,18)6-5-10(15)16/h3-7H2,1-2H3,(H,15,16). The van der Waals surface area contributed by atoms with Crippen LogP contribution in [-0.2, 0) is 33.4 Å². The molecule has 0 aliphatic carbocycles. The minimum atomic E-state index is -3.45. The predicted octanol–water partition coefficient (Wildman–Crippen LogP) is 1.62. The summed E-state index contributed by atoms with van der Waals surface area (Å²) >= 11 is 3.37. The van der Waals surface area contributed by atoms with E-state index in [-0.39, 0.29) is 17.9 Å². The Labute approximate surface area is 120 Å². The molecule has 1 aromatic rings. The van der Waals surface area contributed by atoms with Crippen molar-refractivity contribution in [1.82, 2.24) is 9.78 Å². The molecule has 0 radical (unpaired) electrons. The van der Waals surface area contributed by atoms with Crippen molar-refractivity contribution in [3.05, 3.63) is 15.9 Å². The Morgan fingerprint density at radius 3 is 2.53 bits per heavy atom. The van der Waals surface area contributed by atoms with Crippen LogP contribution in [0.5, 0.6) is 0 Å². The molecule has 0 saturated heterocycles. The summed E-state index contributed by atoms with van der Waals surface area (Å²) in [6, 6.07) is 0. The van der Waals surface area contributed by atoms with Crippen LogP contribution in [0, 0.1) is 0 Å². The van der Waals surface area contributed by atoms with Gasteiger partial charge in [-0.05, 0) is 29.3 Å². The van der Waals surface area contributed by atoms with Gasteiger partial charge in [0, 0.05) is 6.54 Å². The highest BCUT2D eigenvalue weighted by Gasteiger charge is 2.21. The van der Waals surface area contributed by atoms with Gasteiger partial charge in [-0.3, -0.25) is 9.48 Å². The number of carboxylic acid groups (broad SMARTS) is 1. The van der Waals surface area contributed by atoms with Crippen LogP contribution in [0.2, 0.25) is 0 Å². The van der Waals surface area contributed by atoms with Crippen molar-refractivity contribution < 1.29 is 18.3 Å². The van der Waals surface area contributed by atoms with Gasteiger partial charge < -0.3 is 5.11 Å². The van der Waals surface area contributed by atoms with Crippen molar-refractivity contribution in [2.45, 2.75) is 39.0 Å². The molecular weight excluding hydrogens is 336 g/mol. The molecule has 1 N–H and O–H groups in total. The Bertz CT molecular complexity index is 565. The lowest BCUT2D eigenvalue weighted by Crippen LogP contribution is -2.15. The zero-order chi connectivity index (χ0) is 14.6. The number of hydrogen-bond donors (Lipinski definition) is 1. The number of aryl methyl sites for hydroxylation is 2. The summed E-state index contributed by atoms with van der Waals surface area (Å²) in [5.41, 5.74) is 1.40. The first-order valence-corrected chi connectivity index (χ1v) is 8.58. The van der Waals surface area contributed by atoms with Gasteiger partial charge >= 0.3 is 5.97 Å². The maximum Gasteiger partial charge on any atom is 0.304 e. The lowest BCUT2D eigenvalue weighted by Gasteiger charge is -2.06. The molecule has 0 amide bonds. The van der Waals surface area contributed by atoms with Crippen molar-refractivity contribution in [1.29, 1.82) is 0 Å². The third-order valence-electron chi connectivity index (χ3n) is 2.68. The number of carbonyl (C=O) groups is 1. The monoisotopic (exact) mass is 352 g/mol. The second-order valence-electron chi connectivity index (χ2n) is 4.11. The lowest BCUT2D eigenvalue weighted by molar-refractivity contribution is -0.136. The summed E-state index contributed by atoms with van der Waals surface area (Å²) in [4.78, 5) is 10.4. The van der Waals surface area contributed by atoms with Gasteiger partial charge in [-0.15, -0.1) is 0 Å². The fourth-order valence-electron chi connectivity index (χ4n) is 1.68. The maximum absolute atomic E-state index is 11.9. The zero-order valence-electron chi connectivity index (χ0n) is 10.9. The normalized spacial score (nSPS) is 11.7. The highest BCUT2D eigenvalue weighted by Crippen LogP contribution is 2.24. The number of hydrogen-bond acceptors (Lipinski definition) is 4. The molecule has 1 rings (SSSR count). The number of rotatable bonds is 7. The van der Waals surface area contributed by atoms with Crippen LogP contribution in [0.15, 0.2) is 4.47 Å². The third-order valence-corrected chi connectivity index (χ3v) is 5.13. The Hall–Kier alpha value is -0.890. The number of sulfone groups is 1. The molecule has 0 aliphatic heterocycles. The minimum absolute atomic E-state index is 0.193. The topological polar surface area (TPSA) is 89.3 Å². The second-order valence-corrected chi connectivity index (χ2v) is 7.09. The Balaban J connectivity index is 2.98. The van der Waals surface area contributed by atoms with Gasteiger partial charge in [0.1, 0.15) is 0 Å². The Morgan fingerprint density at radius 1 is 1.42 bits per heavy atom. The zero-order valence-corrected chi connectivity index (χ0v) is 13.3. The molecule has 0 atom stereocenters. The van der Waals surface area contributed by atoms with E-state index in [1.807, 2.05) is 13.8 Å². The van der Waals surface area contributed by atoms with Crippen molar-refractivity contribution in [2.24, 2.45) is 0 Å². The molecular formula is C11H17BrN2O4S.